The van der Waals surface area contributed by atoms with Crippen LogP contribution in [0.2, 0.25) is 0 Å². The van der Waals surface area contributed by atoms with Crippen LogP contribution in [0.4, 0.5) is 5.69 Å². The van der Waals surface area contributed by atoms with E-state index in [2.05, 4.69) is 15.2 Å². The fourth-order valence-electron chi connectivity index (χ4n) is 1.80. The van der Waals surface area contributed by atoms with Crippen LogP contribution < -0.4 is 10.2 Å². The summed E-state index contributed by atoms with van der Waals surface area (Å²) < 4.78 is 0. The summed E-state index contributed by atoms with van der Waals surface area (Å²) in [6.07, 6.45) is 5.48. The smallest absolute Gasteiger partial charge is 0.220 e. The number of anilines is 1. The van der Waals surface area contributed by atoms with E-state index in [0.717, 1.165) is 18.7 Å². The lowest BCUT2D eigenvalue weighted by molar-refractivity contribution is -0.119. The number of amides is 1. The number of likely N-dealkylation sites (N-methyl/N-ethyl adjacent to an activating group) is 1. The molecule has 1 fully saturated rings. The van der Waals surface area contributed by atoms with Crippen LogP contribution in [-0.2, 0) is 4.79 Å². The number of nitrogens with one attached hydrogen (secondary N) is 2. The van der Waals surface area contributed by atoms with Crippen molar-refractivity contribution in [3.63, 3.8) is 0 Å². The second-order valence-electron chi connectivity index (χ2n) is 3.75. The molecule has 1 aliphatic rings. The highest BCUT2D eigenvalue weighted by molar-refractivity contribution is 5.78. The molecule has 1 atom stereocenters. The third-order valence-electron chi connectivity index (χ3n) is 2.60. The highest BCUT2D eigenvalue weighted by Crippen LogP contribution is 2.13. The molecule has 2 N–H and O–H groups in total. The minimum absolute atomic E-state index is 0.178. The van der Waals surface area contributed by atoms with E-state index >= 15 is 0 Å². The maximum atomic E-state index is 11.0. The lowest BCUT2D eigenvalue weighted by Crippen LogP contribution is -2.36. The predicted octanol–water partition coefficient (Wildman–Crippen LogP) is 0.729. The molecule has 0 saturated carbocycles. The molecule has 76 valence electrons. The minimum atomic E-state index is 0.178. The molecule has 0 bridgehead atoms. The zero-order valence-corrected chi connectivity index (χ0v) is 8.29. The third kappa shape index (κ3) is 1.89. The number of aromatic nitrogens is 1. The largest absolute Gasteiger partial charge is 0.371 e. The number of aromatic amines is 1. The molecule has 1 amide bonds. The van der Waals surface area contributed by atoms with Crippen LogP contribution in [0.15, 0.2) is 18.5 Å². The van der Waals surface area contributed by atoms with Crippen molar-refractivity contribution in [3.8, 4) is 0 Å². The minimum Gasteiger partial charge on any atom is -0.371 e. The summed E-state index contributed by atoms with van der Waals surface area (Å²) in [6, 6.07) is 2.33. The van der Waals surface area contributed by atoms with E-state index in [-0.39, 0.29) is 5.91 Å². The Morgan fingerprint density at radius 2 is 2.50 bits per heavy atom. The van der Waals surface area contributed by atoms with Gasteiger partial charge in [-0.1, -0.05) is 0 Å². The SMILES string of the molecule is CN(C[C@H]1CCC(=O)N1)c1cc[nH]c1. The molecule has 4 heteroatoms. The molecule has 2 heterocycles. The second kappa shape index (κ2) is 3.74. The highest BCUT2D eigenvalue weighted by atomic mass is 16.1. The highest BCUT2D eigenvalue weighted by Gasteiger charge is 2.21. The van der Waals surface area contributed by atoms with Crippen LogP contribution >= 0.6 is 0 Å². The summed E-state index contributed by atoms with van der Waals surface area (Å²) in [7, 11) is 2.04. The van der Waals surface area contributed by atoms with Crippen molar-refractivity contribution in [2.45, 2.75) is 18.9 Å². The Morgan fingerprint density at radius 1 is 1.64 bits per heavy atom. The Kier molecular flexibility index (Phi) is 2.43. The van der Waals surface area contributed by atoms with Crippen LogP contribution in [-0.4, -0.2) is 30.5 Å². The van der Waals surface area contributed by atoms with E-state index in [1.54, 1.807) is 0 Å². The first kappa shape index (κ1) is 9.12. The van der Waals surface area contributed by atoms with Crippen LogP contribution in [0, 0.1) is 0 Å². The van der Waals surface area contributed by atoms with Crippen molar-refractivity contribution in [1.29, 1.82) is 0 Å². The molecule has 0 spiro atoms. The molecule has 14 heavy (non-hydrogen) atoms. The summed E-state index contributed by atoms with van der Waals surface area (Å²) in [4.78, 5) is 16.1. The van der Waals surface area contributed by atoms with Crippen molar-refractivity contribution in [3.05, 3.63) is 18.5 Å². The monoisotopic (exact) mass is 193 g/mol. The molecular formula is C10H15N3O. The standard InChI is InChI=1S/C10H15N3O/c1-13(9-4-5-11-6-9)7-8-2-3-10(14)12-8/h4-6,8,11H,2-3,7H2,1H3,(H,12,14)/t8-/m1/s1. The fraction of sp³-hybridized carbons (Fsp3) is 0.500. The lowest BCUT2D eigenvalue weighted by atomic mass is 10.2. The Morgan fingerprint density at radius 3 is 3.07 bits per heavy atom. The molecule has 1 aromatic heterocycles. The number of H-pyrrole nitrogens is 1. The van der Waals surface area contributed by atoms with Crippen LogP contribution in [0.5, 0.6) is 0 Å². The zero-order chi connectivity index (χ0) is 9.97. The van der Waals surface area contributed by atoms with Gasteiger partial charge in [-0.2, -0.15) is 0 Å². The summed E-state index contributed by atoms with van der Waals surface area (Å²) in [5.74, 6) is 0.178. The van der Waals surface area contributed by atoms with Crippen molar-refractivity contribution in [2.75, 3.05) is 18.5 Å². The van der Waals surface area contributed by atoms with E-state index in [1.165, 1.54) is 0 Å². The topological polar surface area (TPSA) is 48.1 Å². The molecule has 1 aromatic rings. The number of hydrogen-bond acceptors (Lipinski definition) is 2. The Balaban J connectivity index is 1.89. The van der Waals surface area contributed by atoms with Crippen LogP contribution in [0.1, 0.15) is 12.8 Å². The molecule has 1 saturated heterocycles. The second-order valence-corrected chi connectivity index (χ2v) is 3.75. The average molecular weight is 193 g/mol. The number of rotatable bonds is 3. The summed E-state index contributed by atoms with van der Waals surface area (Å²) >= 11 is 0. The van der Waals surface area contributed by atoms with E-state index in [4.69, 9.17) is 0 Å². The van der Waals surface area contributed by atoms with Crippen molar-refractivity contribution < 1.29 is 4.79 Å². The number of carbonyl (C=O) groups excluding carboxylic acids is 1. The molecular weight excluding hydrogens is 178 g/mol. The molecule has 0 aliphatic carbocycles. The van der Waals surface area contributed by atoms with Gasteiger partial charge in [0.1, 0.15) is 0 Å². The van der Waals surface area contributed by atoms with Gasteiger partial charge in [0.15, 0.2) is 0 Å². The van der Waals surface area contributed by atoms with E-state index in [1.807, 2.05) is 25.5 Å². The summed E-state index contributed by atoms with van der Waals surface area (Å²) in [5, 5.41) is 2.96. The molecule has 0 aromatic carbocycles. The van der Waals surface area contributed by atoms with Crippen molar-refractivity contribution in [1.82, 2.24) is 10.3 Å². The van der Waals surface area contributed by atoms with Gasteiger partial charge in [-0.15, -0.1) is 0 Å². The van der Waals surface area contributed by atoms with Gasteiger partial charge in [-0.3, -0.25) is 4.79 Å². The van der Waals surface area contributed by atoms with Crippen molar-refractivity contribution in [2.24, 2.45) is 0 Å². The van der Waals surface area contributed by atoms with E-state index in [9.17, 15) is 4.79 Å². The first-order valence-corrected chi connectivity index (χ1v) is 4.89. The number of hydrogen-bond donors (Lipinski definition) is 2. The first-order valence-electron chi connectivity index (χ1n) is 4.89. The van der Waals surface area contributed by atoms with Gasteiger partial charge in [0.2, 0.25) is 5.91 Å². The van der Waals surface area contributed by atoms with Gasteiger partial charge in [0.25, 0.3) is 0 Å². The van der Waals surface area contributed by atoms with Crippen molar-refractivity contribution >= 4 is 11.6 Å². The quantitative estimate of drug-likeness (QED) is 0.743. The first-order chi connectivity index (χ1) is 6.75. The zero-order valence-electron chi connectivity index (χ0n) is 8.29. The van der Waals surface area contributed by atoms with Crippen LogP contribution in [0.3, 0.4) is 0 Å². The molecule has 4 nitrogen and oxygen atoms in total. The fourth-order valence-corrected chi connectivity index (χ4v) is 1.80. The normalized spacial score (nSPS) is 20.9. The average Bonchev–Trinajstić information content (AvgIpc) is 2.75. The van der Waals surface area contributed by atoms with Gasteiger partial charge in [0.05, 0.1) is 5.69 Å². The summed E-state index contributed by atoms with van der Waals surface area (Å²) in [5.41, 5.74) is 1.16. The van der Waals surface area contributed by atoms with E-state index < -0.39 is 0 Å². The molecule has 2 rings (SSSR count). The molecule has 1 aliphatic heterocycles. The Labute approximate surface area is 83.3 Å². The van der Waals surface area contributed by atoms with Gasteiger partial charge in [0, 0.05) is 38.4 Å². The molecule has 0 unspecified atom stereocenters. The third-order valence-corrected chi connectivity index (χ3v) is 2.60. The van der Waals surface area contributed by atoms with Gasteiger partial charge in [-0.05, 0) is 12.5 Å². The van der Waals surface area contributed by atoms with Gasteiger partial charge < -0.3 is 15.2 Å². The van der Waals surface area contributed by atoms with Gasteiger partial charge in [-0.25, -0.2) is 0 Å². The number of nitrogens with zero attached hydrogens (tertiary/aromatic N) is 1. The Bertz CT molecular complexity index is 307. The van der Waals surface area contributed by atoms with E-state index in [0.29, 0.717) is 12.5 Å². The van der Waals surface area contributed by atoms with Crippen LogP contribution in [0.25, 0.3) is 0 Å². The summed E-state index contributed by atoms with van der Waals surface area (Å²) in [6.45, 7) is 0.879. The van der Waals surface area contributed by atoms with Gasteiger partial charge >= 0.3 is 0 Å². The maximum Gasteiger partial charge on any atom is 0.220 e. The molecule has 0 radical (unpaired) electrons. The predicted molar refractivity (Wildman–Crippen MR) is 55.2 cm³/mol. The Hall–Kier alpha value is -1.45. The number of carbonyl (C=O) groups is 1. The lowest BCUT2D eigenvalue weighted by Gasteiger charge is -2.21. The maximum absolute atomic E-state index is 11.0.